The maximum Gasteiger partial charge on any atom is 0.287 e. The third-order valence-corrected chi connectivity index (χ3v) is 5.18. The summed E-state index contributed by atoms with van der Waals surface area (Å²) in [5.41, 5.74) is 0. The van der Waals surface area contributed by atoms with E-state index in [-0.39, 0.29) is 11.9 Å². The lowest BCUT2D eigenvalue weighted by Crippen LogP contribution is -2.46. The summed E-state index contributed by atoms with van der Waals surface area (Å²) in [6.07, 6.45) is 4.75. The molecular weight excluding hydrogens is 316 g/mol. The van der Waals surface area contributed by atoms with Gasteiger partial charge in [-0.2, -0.15) is 0 Å². The molecule has 2 atom stereocenters. The van der Waals surface area contributed by atoms with Crippen LogP contribution in [0.1, 0.15) is 42.0 Å². The van der Waals surface area contributed by atoms with E-state index in [4.69, 9.17) is 9.15 Å². The monoisotopic (exact) mass is 340 g/mol. The van der Waals surface area contributed by atoms with E-state index in [2.05, 4.69) is 10.2 Å². The molecule has 0 aliphatic carbocycles. The van der Waals surface area contributed by atoms with Crippen LogP contribution in [-0.4, -0.2) is 36.0 Å². The Labute approximate surface area is 148 Å². The molecule has 1 amide bonds. The molecule has 0 unspecified atom stereocenters. The lowest BCUT2D eigenvalue weighted by atomic mass is 9.99. The second-order valence-electron chi connectivity index (χ2n) is 6.84. The molecule has 0 saturated carbocycles. The Bertz CT molecular complexity index is 713. The number of carbonyl (C=O) groups excluding carboxylic acids is 1. The second-order valence-corrected chi connectivity index (χ2v) is 6.84. The van der Waals surface area contributed by atoms with Crippen molar-refractivity contribution in [3.05, 3.63) is 54.0 Å². The topological polar surface area (TPSA) is 54.7 Å². The van der Waals surface area contributed by atoms with Crippen molar-refractivity contribution in [2.75, 3.05) is 13.1 Å². The van der Waals surface area contributed by atoms with E-state index in [9.17, 15) is 4.79 Å². The maximum atomic E-state index is 12.5. The van der Waals surface area contributed by atoms with Crippen molar-refractivity contribution in [2.45, 2.75) is 44.4 Å². The minimum atomic E-state index is -0.122. The van der Waals surface area contributed by atoms with E-state index in [1.165, 1.54) is 25.8 Å². The smallest absolute Gasteiger partial charge is 0.287 e. The number of ether oxygens (including phenoxy) is 1. The van der Waals surface area contributed by atoms with Gasteiger partial charge in [-0.05, 0) is 50.1 Å². The van der Waals surface area contributed by atoms with Gasteiger partial charge >= 0.3 is 0 Å². The lowest BCUT2D eigenvalue weighted by Gasteiger charge is -2.32. The number of rotatable bonds is 5. The molecule has 2 saturated heterocycles. The lowest BCUT2D eigenvalue weighted by molar-refractivity contribution is 0.0883. The van der Waals surface area contributed by atoms with Crippen molar-refractivity contribution in [2.24, 2.45) is 0 Å². The summed E-state index contributed by atoms with van der Waals surface area (Å²) in [6.45, 7) is 2.57. The Morgan fingerprint density at radius 3 is 2.88 bits per heavy atom. The fourth-order valence-corrected chi connectivity index (χ4v) is 3.90. The number of para-hydroxylation sites is 1. The largest absolute Gasteiger partial charge is 0.486 e. The van der Waals surface area contributed by atoms with Crippen molar-refractivity contribution < 1.29 is 13.9 Å². The van der Waals surface area contributed by atoms with Gasteiger partial charge in [0, 0.05) is 18.6 Å². The Morgan fingerprint density at radius 2 is 2.00 bits per heavy atom. The summed E-state index contributed by atoms with van der Waals surface area (Å²) < 4.78 is 11.3. The van der Waals surface area contributed by atoms with E-state index in [1.807, 2.05) is 30.3 Å². The maximum absolute atomic E-state index is 12.5. The van der Waals surface area contributed by atoms with Crippen LogP contribution >= 0.6 is 0 Å². The molecule has 3 heterocycles. The minimum absolute atomic E-state index is 0.122. The van der Waals surface area contributed by atoms with Gasteiger partial charge < -0.3 is 14.5 Å². The first-order valence-corrected chi connectivity index (χ1v) is 9.11. The average molecular weight is 340 g/mol. The van der Waals surface area contributed by atoms with Crippen LogP contribution in [0.4, 0.5) is 0 Å². The van der Waals surface area contributed by atoms with Crippen molar-refractivity contribution in [1.29, 1.82) is 0 Å². The number of benzene rings is 1. The molecule has 4 rings (SSSR count). The first-order chi connectivity index (χ1) is 12.3. The van der Waals surface area contributed by atoms with E-state index < -0.39 is 0 Å². The molecule has 1 aromatic heterocycles. The third-order valence-electron chi connectivity index (χ3n) is 5.18. The molecular formula is C20H24N2O3. The Balaban J connectivity index is 1.33. The van der Waals surface area contributed by atoms with Gasteiger partial charge in [-0.3, -0.25) is 9.69 Å². The molecule has 1 N–H and O–H groups in total. The van der Waals surface area contributed by atoms with Crippen LogP contribution < -0.4 is 10.1 Å². The Morgan fingerprint density at radius 1 is 1.12 bits per heavy atom. The quantitative estimate of drug-likeness (QED) is 0.908. The molecule has 0 bridgehead atoms. The van der Waals surface area contributed by atoms with Gasteiger partial charge in [-0.1, -0.05) is 24.6 Å². The van der Waals surface area contributed by atoms with Crippen molar-refractivity contribution in [1.82, 2.24) is 10.2 Å². The van der Waals surface area contributed by atoms with Crippen LogP contribution in [0.25, 0.3) is 0 Å². The number of amides is 1. The summed E-state index contributed by atoms with van der Waals surface area (Å²) >= 11 is 0. The number of hydrogen-bond acceptors (Lipinski definition) is 4. The van der Waals surface area contributed by atoms with E-state index >= 15 is 0 Å². The highest BCUT2D eigenvalue weighted by Gasteiger charge is 2.36. The van der Waals surface area contributed by atoms with Crippen LogP contribution in [0, 0.1) is 0 Å². The number of piperidine rings is 1. The number of fused-ring (bicyclic) bond motifs is 1. The van der Waals surface area contributed by atoms with E-state index in [0.717, 1.165) is 18.7 Å². The summed E-state index contributed by atoms with van der Waals surface area (Å²) in [6, 6.07) is 13.8. The fourth-order valence-electron chi connectivity index (χ4n) is 3.90. The zero-order chi connectivity index (χ0) is 17.1. The molecule has 132 valence electrons. The molecule has 0 radical (unpaired) electrons. The molecule has 5 heteroatoms. The first-order valence-electron chi connectivity index (χ1n) is 9.11. The SMILES string of the molecule is O=C(N[C@@H]1CCN2CCCC[C@@H]12)c1ccc(COc2ccccc2)o1. The standard InChI is InChI=1S/C20H24N2O3/c23-20(21-17-11-13-22-12-5-4-8-18(17)22)19-10-9-16(25-19)14-24-15-6-2-1-3-7-15/h1-3,6-7,9-10,17-18H,4-5,8,11-14H2,(H,21,23)/t17-,18+/m1/s1. The highest BCUT2D eigenvalue weighted by Crippen LogP contribution is 2.27. The van der Waals surface area contributed by atoms with E-state index in [1.54, 1.807) is 12.1 Å². The van der Waals surface area contributed by atoms with Gasteiger partial charge in [0.1, 0.15) is 18.1 Å². The summed E-state index contributed by atoms with van der Waals surface area (Å²) in [5, 5.41) is 3.17. The second kappa shape index (κ2) is 7.31. The van der Waals surface area contributed by atoms with E-state index in [0.29, 0.717) is 24.2 Å². The van der Waals surface area contributed by atoms with Gasteiger partial charge in [0.2, 0.25) is 0 Å². The average Bonchev–Trinajstić information content (AvgIpc) is 3.29. The third kappa shape index (κ3) is 3.71. The Hall–Kier alpha value is -2.27. The van der Waals surface area contributed by atoms with Gasteiger partial charge in [-0.15, -0.1) is 0 Å². The van der Waals surface area contributed by atoms with Crippen LogP contribution in [0.2, 0.25) is 0 Å². The molecule has 2 aromatic rings. The predicted octanol–water partition coefficient (Wildman–Crippen LogP) is 3.22. The van der Waals surface area contributed by atoms with Gasteiger partial charge in [-0.25, -0.2) is 0 Å². The predicted molar refractivity (Wildman–Crippen MR) is 94.6 cm³/mol. The molecule has 2 fully saturated rings. The minimum Gasteiger partial charge on any atom is -0.486 e. The van der Waals surface area contributed by atoms with Crippen molar-refractivity contribution in [3.63, 3.8) is 0 Å². The number of nitrogens with one attached hydrogen (secondary N) is 1. The summed E-state index contributed by atoms with van der Waals surface area (Å²) in [5.74, 6) is 1.68. The zero-order valence-electron chi connectivity index (χ0n) is 14.3. The molecule has 2 aliphatic rings. The van der Waals surface area contributed by atoms with Gasteiger partial charge in [0.05, 0.1) is 0 Å². The Kier molecular flexibility index (Phi) is 4.74. The number of furan rings is 1. The van der Waals surface area contributed by atoms with Crippen LogP contribution in [0.5, 0.6) is 5.75 Å². The van der Waals surface area contributed by atoms with Crippen LogP contribution in [0.15, 0.2) is 46.9 Å². The highest BCUT2D eigenvalue weighted by molar-refractivity contribution is 5.91. The summed E-state index contributed by atoms with van der Waals surface area (Å²) in [7, 11) is 0. The van der Waals surface area contributed by atoms with Crippen molar-refractivity contribution >= 4 is 5.91 Å². The normalized spacial score (nSPS) is 23.2. The van der Waals surface area contributed by atoms with Crippen molar-refractivity contribution in [3.8, 4) is 5.75 Å². The number of hydrogen-bond donors (Lipinski definition) is 1. The highest BCUT2D eigenvalue weighted by atomic mass is 16.5. The number of nitrogens with zero attached hydrogens (tertiary/aromatic N) is 1. The summed E-state index contributed by atoms with van der Waals surface area (Å²) in [4.78, 5) is 15.0. The molecule has 0 spiro atoms. The van der Waals surface area contributed by atoms with Gasteiger partial charge in [0.15, 0.2) is 5.76 Å². The van der Waals surface area contributed by atoms with Crippen LogP contribution in [0.3, 0.4) is 0 Å². The van der Waals surface area contributed by atoms with Gasteiger partial charge in [0.25, 0.3) is 5.91 Å². The zero-order valence-corrected chi connectivity index (χ0v) is 14.3. The molecule has 25 heavy (non-hydrogen) atoms. The molecule has 2 aliphatic heterocycles. The molecule has 1 aromatic carbocycles. The van der Waals surface area contributed by atoms with Crippen LogP contribution in [-0.2, 0) is 6.61 Å². The number of carbonyl (C=O) groups is 1. The molecule has 5 nitrogen and oxygen atoms in total. The first kappa shape index (κ1) is 16.2. The fraction of sp³-hybridized carbons (Fsp3) is 0.450.